The minimum atomic E-state index is -0.457. The van der Waals surface area contributed by atoms with Gasteiger partial charge in [0.25, 0.3) is 17.7 Å². The summed E-state index contributed by atoms with van der Waals surface area (Å²) in [5, 5.41) is 2.81. The van der Waals surface area contributed by atoms with Gasteiger partial charge in [-0.3, -0.25) is 19.3 Å². The van der Waals surface area contributed by atoms with Crippen LogP contribution in [0.15, 0.2) is 65.3 Å². The lowest BCUT2D eigenvalue weighted by atomic mass is 10.1. The van der Waals surface area contributed by atoms with Crippen molar-refractivity contribution in [2.45, 2.75) is 13.0 Å². The van der Waals surface area contributed by atoms with E-state index >= 15 is 0 Å². The lowest BCUT2D eigenvalue weighted by Gasteiger charge is -2.11. The molecule has 4 rings (SSSR count). The fourth-order valence-electron chi connectivity index (χ4n) is 3.48. The van der Waals surface area contributed by atoms with E-state index in [2.05, 4.69) is 10.1 Å². The number of imide groups is 1. The molecule has 8 heteroatoms. The van der Waals surface area contributed by atoms with Crippen LogP contribution < -0.4 is 5.32 Å². The van der Waals surface area contributed by atoms with Crippen molar-refractivity contribution < 1.29 is 28.3 Å². The lowest BCUT2D eigenvalue weighted by molar-refractivity contribution is 0.0597. The van der Waals surface area contributed by atoms with Crippen molar-refractivity contribution in [2.24, 2.45) is 0 Å². The number of ether oxygens (including phenoxy) is 1. The SMILES string of the molecule is COC(=O)c1ccc(CCNC(=O)c2ccc3c(c2)C(=O)N(Cc2ccco2)C3=O)cc1. The van der Waals surface area contributed by atoms with Gasteiger partial charge in [-0.15, -0.1) is 0 Å². The molecule has 0 saturated carbocycles. The zero-order valence-corrected chi connectivity index (χ0v) is 17.3. The Hall–Kier alpha value is -4.20. The molecule has 1 N–H and O–H groups in total. The highest BCUT2D eigenvalue weighted by molar-refractivity contribution is 6.22. The number of nitrogens with zero attached hydrogens (tertiary/aromatic N) is 1. The summed E-state index contributed by atoms with van der Waals surface area (Å²) in [5.41, 5.74) is 2.17. The van der Waals surface area contributed by atoms with Crippen LogP contribution in [0.3, 0.4) is 0 Å². The predicted octanol–water partition coefficient (Wildman–Crippen LogP) is 2.83. The molecule has 0 radical (unpaired) electrons. The molecule has 3 aromatic rings. The van der Waals surface area contributed by atoms with Crippen molar-refractivity contribution in [1.82, 2.24) is 10.2 Å². The van der Waals surface area contributed by atoms with Crippen LogP contribution in [0.25, 0.3) is 0 Å². The van der Waals surface area contributed by atoms with Gasteiger partial charge in [-0.2, -0.15) is 0 Å². The molecular weight excluding hydrogens is 412 g/mol. The highest BCUT2D eigenvalue weighted by atomic mass is 16.5. The standard InChI is InChI=1S/C24H20N2O6/c1-31-24(30)16-6-4-15(5-7-16)10-11-25-21(27)17-8-9-19-20(13-17)23(29)26(22(19)28)14-18-3-2-12-32-18/h2-9,12-13H,10-11,14H2,1H3,(H,25,27). The highest BCUT2D eigenvalue weighted by Crippen LogP contribution is 2.25. The minimum Gasteiger partial charge on any atom is -0.467 e. The van der Waals surface area contributed by atoms with Crippen molar-refractivity contribution in [3.05, 3.63) is 94.4 Å². The van der Waals surface area contributed by atoms with Gasteiger partial charge >= 0.3 is 5.97 Å². The smallest absolute Gasteiger partial charge is 0.337 e. The Kier molecular flexibility index (Phi) is 5.85. The molecule has 1 aliphatic heterocycles. The third-order valence-electron chi connectivity index (χ3n) is 5.20. The maximum Gasteiger partial charge on any atom is 0.337 e. The van der Waals surface area contributed by atoms with Crippen molar-refractivity contribution >= 4 is 23.7 Å². The average Bonchev–Trinajstić information content (AvgIpc) is 3.41. The summed E-state index contributed by atoms with van der Waals surface area (Å²) in [4.78, 5) is 50.4. The molecule has 0 aliphatic carbocycles. The van der Waals surface area contributed by atoms with E-state index in [9.17, 15) is 19.2 Å². The molecule has 2 aromatic carbocycles. The third-order valence-corrected chi connectivity index (χ3v) is 5.20. The second-order valence-electron chi connectivity index (χ2n) is 7.23. The Bertz CT molecular complexity index is 1180. The zero-order chi connectivity index (χ0) is 22.7. The second kappa shape index (κ2) is 8.89. The van der Waals surface area contributed by atoms with Crippen LogP contribution in [-0.4, -0.2) is 42.2 Å². The Balaban J connectivity index is 1.38. The van der Waals surface area contributed by atoms with Crippen LogP contribution in [0, 0.1) is 0 Å². The summed E-state index contributed by atoms with van der Waals surface area (Å²) >= 11 is 0. The van der Waals surface area contributed by atoms with Gasteiger partial charge in [0.2, 0.25) is 0 Å². The van der Waals surface area contributed by atoms with E-state index in [1.54, 1.807) is 36.4 Å². The van der Waals surface area contributed by atoms with Gasteiger partial charge < -0.3 is 14.5 Å². The van der Waals surface area contributed by atoms with Crippen molar-refractivity contribution in [3.63, 3.8) is 0 Å². The number of hydrogen-bond acceptors (Lipinski definition) is 6. The Morgan fingerprint density at radius 2 is 1.69 bits per heavy atom. The van der Waals surface area contributed by atoms with E-state index in [0.717, 1.165) is 10.5 Å². The molecule has 32 heavy (non-hydrogen) atoms. The molecule has 162 valence electrons. The van der Waals surface area contributed by atoms with Crippen LogP contribution in [0.1, 0.15) is 52.8 Å². The summed E-state index contributed by atoms with van der Waals surface area (Å²) in [7, 11) is 1.32. The molecule has 3 amide bonds. The molecule has 1 aromatic heterocycles. The predicted molar refractivity (Wildman–Crippen MR) is 113 cm³/mol. The summed E-state index contributed by atoms with van der Waals surface area (Å²) in [6.45, 7) is 0.403. The number of nitrogens with one attached hydrogen (secondary N) is 1. The zero-order valence-electron chi connectivity index (χ0n) is 17.3. The summed E-state index contributed by atoms with van der Waals surface area (Å²) < 4.78 is 9.89. The lowest BCUT2D eigenvalue weighted by Crippen LogP contribution is -2.28. The maximum absolute atomic E-state index is 12.7. The highest BCUT2D eigenvalue weighted by Gasteiger charge is 2.36. The molecule has 0 atom stereocenters. The molecule has 8 nitrogen and oxygen atoms in total. The number of benzene rings is 2. The van der Waals surface area contributed by atoms with Gasteiger partial charge in [0.1, 0.15) is 5.76 Å². The van der Waals surface area contributed by atoms with Gasteiger partial charge in [-0.05, 0) is 54.4 Å². The minimum absolute atomic E-state index is 0.0373. The van der Waals surface area contributed by atoms with Crippen molar-refractivity contribution in [2.75, 3.05) is 13.7 Å². The van der Waals surface area contributed by atoms with Gasteiger partial charge in [-0.25, -0.2) is 4.79 Å². The molecule has 0 unspecified atom stereocenters. The van der Waals surface area contributed by atoms with E-state index in [0.29, 0.717) is 29.9 Å². The molecule has 0 fully saturated rings. The monoisotopic (exact) mass is 432 g/mol. The first-order chi connectivity index (χ1) is 15.5. The molecule has 0 bridgehead atoms. The number of methoxy groups -OCH3 is 1. The fraction of sp³-hybridized carbons (Fsp3) is 0.167. The number of fused-ring (bicyclic) bond motifs is 1. The molecular formula is C24H20N2O6. The van der Waals surface area contributed by atoms with E-state index in [-0.39, 0.29) is 23.6 Å². The van der Waals surface area contributed by atoms with Gasteiger partial charge in [0.05, 0.1) is 36.6 Å². The van der Waals surface area contributed by atoms with Crippen LogP contribution in [0.4, 0.5) is 0 Å². The maximum atomic E-state index is 12.7. The first kappa shape index (κ1) is 21.0. The number of esters is 1. The van der Waals surface area contributed by atoms with E-state index in [1.165, 1.54) is 31.6 Å². The van der Waals surface area contributed by atoms with E-state index in [1.807, 2.05) is 0 Å². The van der Waals surface area contributed by atoms with E-state index in [4.69, 9.17) is 4.42 Å². The normalized spacial score (nSPS) is 12.6. The molecule has 2 heterocycles. The summed E-state index contributed by atoms with van der Waals surface area (Å²) in [6.07, 6.45) is 2.04. The fourth-order valence-corrected chi connectivity index (χ4v) is 3.48. The van der Waals surface area contributed by atoms with Crippen LogP contribution in [-0.2, 0) is 17.7 Å². The average molecular weight is 432 g/mol. The number of carbonyl (C=O) groups excluding carboxylic acids is 4. The largest absolute Gasteiger partial charge is 0.467 e. The Labute approximate surface area is 183 Å². The number of amides is 3. The van der Waals surface area contributed by atoms with Gasteiger partial charge in [0.15, 0.2) is 0 Å². The Morgan fingerprint density at radius 3 is 2.38 bits per heavy atom. The van der Waals surface area contributed by atoms with Gasteiger partial charge in [-0.1, -0.05) is 12.1 Å². The second-order valence-corrected chi connectivity index (χ2v) is 7.23. The van der Waals surface area contributed by atoms with E-state index < -0.39 is 17.8 Å². The molecule has 0 spiro atoms. The Morgan fingerprint density at radius 1 is 0.969 bits per heavy atom. The topological polar surface area (TPSA) is 106 Å². The first-order valence-electron chi connectivity index (χ1n) is 9.96. The van der Waals surface area contributed by atoms with Crippen molar-refractivity contribution in [3.8, 4) is 0 Å². The van der Waals surface area contributed by atoms with Crippen LogP contribution in [0.2, 0.25) is 0 Å². The summed E-state index contributed by atoms with van der Waals surface area (Å²) in [6, 6.07) is 14.8. The van der Waals surface area contributed by atoms with Gasteiger partial charge in [0, 0.05) is 12.1 Å². The number of carbonyl (C=O) groups is 4. The summed E-state index contributed by atoms with van der Waals surface area (Å²) in [5.74, 6) is -1.12. The number of hydrogen-bond donors (Lipinski definition) is 1. The number of rotatable bonds is 7. The van der Waals surface area contributed by atoms with Crippen molar-refractivity contribution in [1.29, 1.82) is 0 Å². The van der Waals surface area contributed by atoms with Crippen LogP contribution >= 0.6 is 0 Å². The number of furan rings is 1. The first-order valence-corrected chi connectivity index (χ1v) is 9.96. The van der Waals surface area contributed by atoms with Crippen LogP contribution in [0.5, 0.6) is 0 Å². The third kappa shape index (κ3) is 4.15. The molecule has 0 saturated heterocycles. The molecule has 1 aliphatic rings. The quantitative estimate of drug-likeness (QED) is 0.455.